The number of aromatic nitrogens is 4. The fraction of sp³-hybridized carbons (Fsp3) is 0.600. The normalized spacial score (nSPS) is 15.4. The third-order valence-corrected chi connectivity index (χ3v) is 4.76. The lowest BCUT2D eigenvalue weighted by Crippen LogP contribution is -2.34. The number of fused-ring (bicyclic) bond motifs is 1. The number of carbonyl (C=O) groups excluding carboxylic acids is 1. The molecule has 1 unspecified atom stereocenters. The van der Waals surface area contributed by atoms with Crippen molar-refractivity contribution in [1.82, 2.24) is 19.7 Å². The number of anilines is 1. The molecule has 0 saturated heterocycles. The SMILES string of the molecule is CC(C)(C)CC(COCc1nc2n(n1)CCN(c1ccc(C(F)(F)F)cn1)C2)OC(N)=O. The second kappa shape index (κ2) is 9.31. The van der Waals surface area contributed by atoms with Crippen molar-refractivity contribution in [3.63, 3.8) is 0 Å². The maximum atomic E-state index is 12.7. The highest BCUT2D eigenvalue weighted by atomic mass is 19.4. The molecule has 3 rings (SSSR count). The standard InChI is InChI=1S/C20H27F3N6O3/c1-19(2,3)8-14(32-18(24)30)11-31-12-15-26-17-10-28(6-7-29(17)27-15)16-5-4-13(9-25-16)20(21,22)23/h4-5,9,14H,6-8,10-12H2,1-3H3,(H2,24,30). The number of hydrogen-bond donors (Lipinski definition) is 1. The van der Waals surface area contributed by atoms with E-state index in [-0.39, 0.29) is 18.6 Å². The third-order valence-electron chi connectivity index (χ3n) is 4.76. The number of ether oxygens (including phenoxy) is 2. The van der Waals surface area contributed by atoms with E-state index in [1.165, 1.54) is 6.07 Å². The summed E-state index contributed by atoms with van der Waals surface area (Å²) in [5, 5.41) is 4.41. The van der Waals surface area contributed by atoms with Crippen LogP contribution in [-0.4, -0.2) is 45.1 Å². The van der Waals surface area contributed by atoms with E-state index >= 15 is 0 Å². The number of pyridine rings is 1. The molecule has 0 bridgehead atoms. The molecule has 176 valence electrons. The predicted octanol–water partition coefficient (Wildman–Crippen LogP) is 3.13. The zero-order valence-electron chi connectivity index (χ0n) is 18.2. The molecule has 0 fully saturated rings. The summed E-state index contributed by atoms with van der Waals surface area (Å²) in [5.41, 5.74) is 4.28. The summed E-state index contributed by atoms with van der Waals surface area (Å²) in [6.45, 7) is 7.76. The highest BCUT2D eigenvalue weighted by molar-refractivity contribution is 5.64. The number of nitrogens with zero attached hydrogens (tertiary/aromatic N) is 5. The van der Waals surface area contributed by atoms with E-state index in [1.54, 1.807) is 4.68 Å². The van der Waals surface area contributed by atoms with E-state index in [4.69, 9.17) is 15.2 Å². The van der Waals surface area contributed by atoms with Crippen molar-refractivity contribution in [2.24, 2.45) is 11.1 Å². The lowest BCUT2D eigenvalue weighted by Gasteiger charge is -2.27. The zero-order valence-corrected chi connectivity index (χ0v) is 18.2. The molecule has 0 aliphatic carbocycles. The number of alkyl halides is 3. The van der Waals surface area contributed by atoms with Crippen LogP contribution in [-0.2, 0) is 35.3 Å². The number of halogens is 3. The van der Waals surface area contributed by atoms with E-state index < -0.39 is 23.9 Å². The zero-order chi connectivity index (χ0) is 23.5. The molecule has 2 aromatic heterocycles. The van der Waals surface area contributed by atoms with Gasteiger partial charge in [-0.15, -0.1) is 0 Å². The number of amides is 1. The van der Waals surface area contributed by atoms with Gasteiger partial charge in [-0.25, -0.2) is 19.4 Å². The predicted molar refractivity (Wildman–Crippen MR) is 108 cm³/mol. The fourth-order valence-corrected chi connectivity index (χ4v) is 3.45. The van der Waals surface area contributed by atoms with Gasteiger partial charge in [0.25, 0.3) is 0 Å². The Morgan fingerprint density at radius 2 is 2.00 bits per heavy atom. The molecular formula is C20H27F3N6O3. The molecule has 12 heteroatoms. The molecule has 1 aliphatic heterocycles. The molecule has 1 amide bonds. The van der Waals surface area contributed by atoms with Crippen LogP contribution >= 0.6 is 0 Å². The van der Waals surface area contributed by atoms with Gasteiger partial charge in [-0.05, 0) is 24.0 Å². The van der Waals surface area contributed by atoms with Gasteiger partial charge in [-0.3, -0.25) is 0 Å². The average molecular weight is 456 g/mol. The van der Waals surface area contributed by atoms with Crippen LogP contribution in [0.5, 0.6) is 0 Å². The van der Waals surface area contributed by atoms with Crippen LogP contribution in [0.4, 0.5) is 23.8 Å². The van der Waals surface area contributed by atoms with Gasteiger partial charge in [-0.1, -0.05) is 20.8 Å². The summed E-state index contributed by atoms with van der Waals surface area (Å²) in [4.78, 5) is 21.4. The lowest BCUT2D eigenvalue weighted by atomic mass is 9.89. The van der Waals surface area contributed by atoms with Crippen LogP contribution in [0.15, 0.2) is 18.3 Å². The second-order valence-corrected chi connectivity index (χ2v) is 8.83. The minimum atomic E-state index is -4.42. The van der Waals surface area contributed by atoms with Gasteiger partial charge >= 0.3 is 12.3 Å². The van der Waals surface area contributed by atoms with Gasteiger partial charge in [0.1, 0.15) is 24.4 Å². The van der Waals surface area contributed by atoms with Crippen molar-refractivity contribution in [3.8, 4) is 0 Å². The molecule has 0 spiro atoms. The summed E-state index contributed by atoms with van der Waals surface area (Å²) in [7, 11) is 0. The summed E-state index contributed by atoms with van der Waals surface area (Å²) < 4.78 is 50.7. The molecule has 3 heterocycles. The molecular weight excluding hydrogens is 429 g/mol. The van der Waals surface area contributed by atoms with Crippen molar-refractivity contribution >= 4 is 11.9 Å². The topological polar surface area (TPSA) is 108 Å². The molecule has 0 radical (unpaired) electrons. The Kier molecular flexibility index (Phi) is 6.91. The van der Waals surface area contributed by atoms with Gasteiger partial charge in [0, 0.05) is 12.7 Å². The van der Waals surface area contributed by atoms with Crippen LogP contribution in [0.25, 0.3) is 0 Å². The monoisotopic (exact) mass is 456 g/mol. The number of primary amides is 1. The largest absolute Gasteiger partial charge is 0.444 e. The van der Waals surface area contributed by atoms with E-state index in [1.807, 2.05) is 25.7 Å². The van der Waals surface area contributed by atoms with Gasteiger partial charge < -0.3 is 20.1 Å². The van der Waals surface area contributed by atoms with Crippen molar-refractivity contribution < 1.29 is 27.4 Å². The summed E-state index contributed by atoms with van der Waals surface area (Å²) in [6, 6.07) is 2.37. The molecule has 0 saturated carbocycles. The van der Waals surface area contributed by atoms with Crippen LogP contribution in [0.2, 0.25) is 0 Å². The van der Waals surface area contributed by atoms with Crippen molar-refractivity contribution in [1.29, 1.82) is 0 Å². The van der Waals surface area contributed by atoms with Crippen LogP contribution in [0.1, 0.15) is 44.4 Å². The van der Waals surface area contributed by atoms with Gasteiger partial charge in [0.2, 0.25) is 0 Å². The van der Waals surface area contributed by atoms with E-state index in [2.05, 4.69) is 15.1 Å². The summed E-state index contributed by atoms with van der Waals surface area (Å²) in [6.07, 6.45) is -4.34. The first-order valence-corrected chi connectivity index (χ1v) is 10.2. The average Bonchev–Trinajstić information content (AvgIpc) is 3.07. The van der Waals surface area contributed by atoms with Crippen molar-refractivity contribution in [3.05, 3.63) is 35.5 Å². The third kappa shape index (κ3) is 6.55. The Labute approximate surface area is 183 Å². The highest BCUT2D eigenvalue weighted by Gasteiger charge is 2.31. The first-order valence-electron chi connectivity index (χ1n) is 10.2. The minimum Gasteiger partial charge on any atom is -0.444 e. The number of nitrogens with two attached hydrogens (primary N) is 1. The molecule has 32 heavy (non-hydrogen) atoms. The van der Waals surface area contributed by atoms with Crippen LogP contribution in [0, 0.1) is 5.41 Å². The quantitative estimate of drug-likeness (QED) is 0.682. The smallest absolute Gasteiger partial charge is 0.417 e. The van der Waals surface area contributed by atoms with E-state index in [0.717, 1.165) is 12.3 Å². The fourth-order valence-electron chi connectivity index (χ4n) is 3.45. The number of rotatable bonds is 7. The Bertz CT molecular complexity index is 924. The number of hydrogen-bond acceptors (Lipinski definition) is 7. The lowest BCUT2D eigenvalue weighted by molar-refractivity contribution is -0.137. The Balaban J connectivity index is 1.57. The Morgan fingerprint density at radius 1 is 1.25 bits per heavy atom. The summed E-state index contributed by atoms with van der Waals surface area (Å²) in [5.74, 6) is 1.57. The van der Waals surface area contributed by atoms with Crippen molar-refractivity contribution in [2.45, 2.75) is 59.2 Å². The molecule has 1 atom stereocenters. The van der Waals surface area contributed by atoms with E-state index in [9.17, 15) is 18.0 Å². The molecule has 2 N–H and O–H groups in total. The van der Waals surface area contributed by atoms with Gasteiger partial charge in [-0.2, -0.15) is 18.3 Å². The van der Waals surface area contributed by atoms with Crippen LogP contribution in [0.3, 0.4) is 0 Å². The molecule has 0 aromatic carbocycles. The Hall–Kier alpha value is -2.89. The van der Waals surface area contributed by atoms with Crippen molar-refractivity contribution in [2.75, 3.05) is 18.1 Å². The molecule has 9 nitrogen and oxygen atoms in total. The second-order valence-electron chi connectivity index (χ2n) is 8.83. The van der Waals surface area contributed by atoms with Crippen LogP contribution < -0.4 is 10.6 Å². The highest BCUT2D eigenvalue weighted by Crippen LogP contribution is 2.30. The first kappa shape index (κ1) is 23.8. The summed E-state index contributed by atoms with van der Waals surface area (Å²) >= 11 is 0. The minimum absolute atomic E-state index is 0.0784. The maximum Gasteiger partial charge on any atom is 0.417 e. The maximum absolute atomic E-state index is 12.7. The Morgan fingerprint density at radius 3 is 2.59 bits per heavy atom. The van der Waals surface area contributed by atoms with E-state index in [0.29, 0.717) is 43.5 Å². The van der Waals surface area contributed by atoms with Gasteiger partial charge in [0.05, 0.1) is 25.3 Å². The molecule has 2 aromatic rings. The van der Waals surface area contributed by atoms with Gasteiger partial charge in [0.15, 0.2) is 5.82 Å². The number of carbonyl (C=O) groups is 1. The first-order chi connectivity index (χ1) is 14.9. The molecule has 1 aliphatic rings.